The van der Waals surface area contributed by atoms with Gasteiger partial charge >= 0.3 is 0 Å². The summed E-state index contributed by atoms with van der Waals surface area (Å²) in [6.07, 6.45) is 3.99. The Kier molecular flexibility index (Phi) is 3.08. The lowest BCUT2D eigenvalue weighted by atomic mass is 10.2. The third kappa shape index (κ3) is 2.59. The first-order valence-electron chi connectivity index (χ1n) is 4.30. The van der Waals surface area contributed by atoms with Crippen LogP contribution in [0.2, 0.25) is 0 Å². The average Bonchev–Trinajstić information content (AvgIpc) is 2.53. The van der Waals surface area contributed by atoms with Crippen LogP contribution in [0.4, 0.5) is 5.00 Å². The summed E-state index contributed by atoms with van der Waals surface area (Å²) in [6, 6.07) is 0. The minimum atomic E-state index is 0.666. The molecular weight excluding hydrogens is 204 g/mol. The van der Waals surface area contributed by atoms with Gasteiger partial charge in [-0.25, -0.2) is 4.98 Å². The smallest absolute Gasteiger partial charge is 0.152 e. The predicted molar refractivity (Wildman–Crippen MR) is 56.2 cm³/mol. The minimum absolute atomic E-state index is 0.666. The Morgan fingerprint density at radius 1 is 1.54 bits per heavy atom. The number of hydrogen-bond acceptors (Lipinski definition) is 5. The molecule has 1 aliphatic rings. The molecule has 0 spiro atoms. The van der Waals surface area contributed by atoms with Gasteiger partial charge in [-0.3, -0.25) is 0 Å². The van der Waals surface area contributed by atoms with Crippen molar-refractivity contribution in [3.63, 3.8) is 0 Å². The molecule has 1 aromatic rings. The number of hydrogen-bond donors (Lipinski definition) is 1. The van der Waals surface area contributed by atoms with E-state index in [1.54, 1.807) is 17.5 Å². The number of nitrogen functional groups attached to an aromatic ring is 1. The Hall–Kier alpha value is -0.260. The summed E-state index contributed by atoms with van der Waals surface area (Å²) < 4.78 is 6.37. The molecule has 13 heavy (non-hydrogen) atoms. The van der Waals surface area contributed by atoms with E-state index >= 15 is 0 Å². The van der Waals surface area contributed by atoms with Crippen LogP contribution in [0.5, 0.6) is 0 Å². The van der Waals surface area contributed by atoms with E-state index in [1.165, 1.54) is 0 Å². The van der Waals surface area contributed by atoms with Gasteiger partial charge in [-0.15, -0.1) is 0 Å². The molecule has 0 atom stereocenters. The van der Waals surface area contributed by atoms with Crippen LogP contribution in [0.15, 0.2) is 10.5 Å². The molecule has 2 rings (SSSR count). The normalized spacial score (nSPS) is 19.1. The maximum Gasteiger partial charge on any atom is 0.152 e. The largest absolute Gasteiger partial charge is 0.389 e. The van der Waals surface area contributed by atoms with Gasteiger partial charge in [0.25, 0.3) is 0 Å². The standard InChI is InChI=1S/C8H12N2OS2/c9-7-5-10-8(13-7)12-6-1-3-11-4-2-6/h5-6H,1-4,9H2. The second-order valence-corrected chi connectivity index (χ2v) is 5.57. The van der Waals surface area contributed by atoms with Crippen molar-refractivity contribution in [2.75, 3.05) is 18.9 Å². The summed E-state index contributed by atoms with van der Waals surface area (Å²) in [4.78, 5) is 4.23. The molecule has 0 bridgehead atoms. The Bertz CT molecular complexity index is 271. The third-order valence-corrected chi connectivity index (χ3v) is 4.21. The van der Waals surface area contributed by atoms with Crippen molar-refractivity contribution in [3.8, 4) is 0 Å². The Morgan fingerprint density at radius 2 is 2.31 bits per heavy atom. The van der Waals surface area contributed by atoms with Crippen LogP contribution in [0.25, 0.3) is 0 Å². The zero-order chi connectivity index (χ0) is 9.10. The van der Waals surface area contributed by atoms with Crippen molar-refractivity contribution in [1.29, 1.82) is 0 Å². The highest BCUT2D eigenvalue weighted by molar-refractivity contribution is 8.01. The van der Waals surface area contributed by atoms with E-state index in [9.17, 15) is 0 Å². The van der Waals surface area contributed by atoms with Crippen LogP contribution < -0.4 is 5.73 Å². The topological polar surface area (TPSA) is 48.1 Å². The molecule has 1 fully saturated rings. The van der Waals surface area contributed by atoms with Gasteiger partial charge in [-0.1, -0.05) is 23.1 Å². The highest BCUT2D eigenvalue weighted by Crippen LogP contribution is 2.33. The fourth-order valence-electron chi connectivity index (χ4n) is 1.26. The molecule has 1 saturated heterocycles. The molecule has 0 radical (unpaired) electrons. The maximum atomic E-state index is 5.60. The molecule has 0 aromatic carbocycles. The number of anilines is 1. The van der Waals surface area contributed by atoms with E-state index in [0.717, 1.165) is 35.4 Å². The van der Waals surface area contributed by atoms with Crippen LogP contribution in [-0.4, -0.2) is 23.4 Å². The van der Waals surface area contributed by atoms with Crippen LogP contribution in [0.3, 0.4) is 0 Å². The minimum Gasteiger partial charge on any atom is -0.389 e. The second-order valence-electron chi connectivity index (χ2n) is 2.96. The second kappa shape index (κ2) is 4.30. The molecule has 3 nitrogen and oxygen atoms in total. The quantitative estimate of drug-likeness (QED) is 0.821. The van der Waals surface area contributed by atoms with Crippen LogP contribution in [-0.2, 0) is 4.74 Å². The van der Waals surface area contributed by atoms with E-state index in [1.807, 2.05) is 11.8 Å². The number of thioether (sulfide) groups is 1. The lowest BCUT2D eigenvalue weighted by Gasteiger charge is -2.19. The van der Waals surface area contributed by atoms with Gasteiger partial charge in [-0.05, 0) is 12.8 Å². The highest BCUT2D eigenvalue weighted by atomic mass is 32.2. The van der Waals surface area contributed by atoms with Crippen molar-refractivity contribution in [2.45, 2.75) is 22.4 Å². The number of thiazole rings is 1. The van der Waals surface area contributed by atoms with Gasteiger partial charge in [0.15, 0.2) is 4.34 Å². The number of nitrogens with zero attached hydrogens (tertiary/aromatic N) is 1. The molecule has 1 aliphatic heterocycles. The zero-order valence-corrected chi connectivity index (χ0v) is 8.87. The van der Waals surface area contributed by atoms with Gasteiger partial charge < -0.3 is 10.5 Å². The van der Waals surface area contributed by atoms with Gasteiger partial charge in [0.1, 0.15) is 5.00 Å². The van der Waals surface area contributed by atoms with Crippen LogP contribution in [0, 0.1) is 0 Å². The first-order chi connectivity index (χ1) is 6.34. The van der Waals surface area contributed by atoms with E-state index in [2.05, 4.69) is 4.98 Å². The van der Waals surface area contributed by atoms with Crippen molar-refractivity contribution >= 4 is 28.1 Å². The number of ether oxygens (including phenoxy) is 1. The third-order valence-electron chi connectivity index (χ3n) is 1.94. The number of nitrogens with two attached hydrogens (primary N) is 1. The zero-order valence-electron chi connectivity index (χ0n) is 7.23. The molecule has 0 amide bonds. The van der Waals surface area contributed by atoms with Crippen LogP contribution in [0.1, 0.15) is 12.8 Å². The average molecular weight is 216 g/mol. The van der Waals surface area contributed by atoms with Crippen molar-refractivity contribution in [1.82, 2.24) is 4.98 Å². The van der Waals surface area contributed by atoms with Crippen molar-refractivity contribution in [2.24, 2.45) is 0 Å². The first kappa shape index (κ1) is 9.30. The fraction of sp³-hybridized carbons (Fsp3) is 0.625. The van der Waals surface area contributed by atoms with Gasteiger partial charge in [0.2, 0.25) is 0 Å². The molecule has 0 saturated carbocycles. The summed E-state index contributed by atoms with van der Waals surface area (Å²) in [5.74, 6) is 0. The molecule has 0 aliphatic carbocycles. The van der Waals surface area contributed by atoms with Crippen molar-refractivity contribution < 1.29 is 4.74 Å². The Labute approximate surface area is 85.7 Å². The SMILES string of the molecule is Nc1cnc(SC2CCOCC2)s1. The Morgan fingerprint density at radius 3 is 2.92 bits per heavy atom. The monoisotopic (exact) mass is 216 g/mol. The number of rotatable bonds is 2. The van der Waals surface area contributed by atoms with Crippen LogP contribution >= 0.6 is 23.1 Å². The summed E-state index contributed by atoms with van der Waals surface area (Å²) in [5.41, 5.74) is 5.60. The molecule has 72 valence electrons. The summed E-state index contributed by atoms with van der Waals surface area (Å²) in [7, 11) is 0. The lowest BCUT2D eigenvalue weighted by molar-refractivity contribution is 0.100. The molecule has 1 aromatic heterocycles. The summed E-state index contributed by atoms with van der Waals surface area (Å²) in [6.45, 7) is 1.77. The fourth-order valence-corrected chi connectivity index (χ4v) is 3.39. The molecular formula is C8H12N2OS2. The highest BCUT2D eigenvalue weighted by Gasteiger charge is 2.16. The molecule has 5 heteroatoms. The number of aromatic nitrogens is 1. The molecule has 2 heterocycles. The van der Waals surface area contributed by atoms with E-state index < -0.39 is 0 Å². The first-order valence-corrected chi connectivity index (χ1v) is 6.00. The lowest BCUT2D eigenvalue weighted by Crippen LogP contribution is -2.17. The van der Waals surface area contributed by atoms with E-state index in [-0.39, 0.29) is 0 Å². The van der Waals surface area contributed by atoms with Crippen molar-refractivity contribution in [3.05, 3.63) is 6.20 Å². The van der Waals surface area contributed by atoms with Gasteiger partial charge in [0.05, 0.1) is 6.20 Å². The maximum absolute atomic E-state index is 5.60. The summed E-state index contributed by atoms with van der Waals surface area (Å²) >= 11 is 3.40. The molecule has 0 unspecified atom stereocenters. The van der Waals surface area contributed by atoms with Gasteiger partial charge in [-0.2, -0.15) is 0 Å². The van der Waals surface area contributed by atoms with E-state index in [0.29, 0.717) is 5.25 Å². The predicted octanol–water partition coefficient (Wildman–Crippen LogP) is 2.00. The molecule has 2 N–H and O–H groups in total. The Balaban J connectivity index is 1.89. The van der Waals surface area contributed by atoms with Gasteiger partial charge in [0, 0.05) is 18.5 Å². The summed E-state index contributed by atoms with van der Waals surface area (Å²) in [5, 5.41) is 1.47. The van der Waals surface area contributed by atoms with E-state index in [4.69, 9.17) is 10.5 Å².